The van der Waals surface area contributed by atoms with Crippen molar-refractivity contribution in [1.29, 1.82) is 0 Å². The number of carbonyl (C=O) groups excluding carboxylic acids is 1. The van der Waals surface area contributed by atoms with Crippen molar-refractivity contribution in [3.8, 4) is 0 Å². The molecule has 114 valence electrons. The number of halogens is 1. The van der Waals surface area contributed by atoms with E-state index in [2.05, 4.69) is 0 Å². The lowest BCUT2D eigenvalue weighted by Crippen LogP contribution is -2.38. The van der Waals surface area contributed by atoms with Gasteiger partial charge in [-0.1, -0.05) is 0 Å². The van der Waals surface area contributed by atoms with E-state index in [1.807, 2.05) is 0 Å². The fourth-order valence-corrected chi connectivity index (χ4v) is 1.76. The zero-order valence-electron chi connectivity index (χ0n) is 12.0. The molecule has 0 aliphatic rings. The van der Waals surface area contributed by atoms with Crippen LogP contribution in [0.3, 0.4) is 0 Å². The van der Waals surface area contributed by atoms with Crippen LogP contribution in [0.15, 0.2) is 24.3 Å². The average molecular weight is 296 g/mol. The fourth-order valence-electron chi connectivity index (χ4n) is 1.76. The lowest BCUT2D eigenvalue weighted by atomic mass is 10.1. The summed E-state index contributed by atoms with van der Waals surface area (Å²) in [5.74, 6) is -1.14. The van der Waals surface area contributed by atoms with E-state index >= 15 is 0 Å². The minimum atomic E-state index is -1.04. The van der Waals surface area contributed by atoms with Gasteiger partial charge in [0.05, 0.1) is 22.2 Å². The van der Waals surface area contributed by atoms with E-state index in [0.29, 0.717) is 0 Å². The van der Waals surface area contributed by atoms with Crippen LogP contribution in [0.4, 0.5) is 10.1 Å². The van der Waals surface area contributed by atoms with Crippen molar-refractivity contribution in [2.75, 3.05) is 13.6 Å². The molecule has 0 atom stereocenters. The molecule has 21 heavy (non-hydrogen) atoms. The van der Waals surface area contributed by atoms with Gasteiger partial charge in [-0.05, 0) is 32.1 Å². The zero-order chi connectivity index (χ0) is 16.2. The molecule has 0 heterocycles. The van der Waals surface area contributed by atoms with Crippen molar-refractivity contribution in [2.45, 2.75) is 19.4 Å². The Hall–Kier alpha value is -2.28. The monoisotopic (exact) mass is 296 g/mol. The number of carbonyl (C=O) groups is 1. The van der Waals surface area contributed by atoms with Crippen LogP contribution >= 0.6 is 0 Å². The van der Waals surface area contributed by atoms with Crippen LogP contribution in [0, 0.1) is 15.9 Å². The molecule has 0 aliphatic heterocycles. The Kier molecular flexibility index (Phi) is 5.15. The van der Waals surface area contributed by atoms with Gasteiger partial charge < -0.3 is 10.0 Å². The van der Waals surface area contributed by atoms with Gasteiger partial charge in [-0.2, -0.15) is 0 Å². The molecule has 1 aromatic carbocycles. The van der Waals surface area contributed by atoms with Gasteiger partial charge >= 0.3 is 0 Å². The number of nitro groups is 1. The normalized spacial score (nSPS) is 11.7. The number of hydrogen-bond acceptors (Lipinski definition) is 4. The SMILES string of the molecule is CN(CC(C)(C)O)C(=O)/C=C/c1ccc(F)cc1[N+](=O)[O-]. The summed E-state index contributed by atoms with van der Waals surface area (Å²) >= 11 is 0. The number of benzene rings is 1. The second-order valence-corrected chi connectivity index (χ2v) is 5.30. The first-order valence-electron chi connectivity index (χ1n) is 6.19. The molecule has 1 N–H and O–H groups in total. The summed E-state index contributed by atoms with van der Waals surface area (Å²) in [7, 11) is 1.50. The molecule has 0 saturated carbocycles. The van der Waals surface area contributed by atoms with Crippen LogP contribution in [-0.2, 0) is 4.79 Å². The first kappa shape index (κ1) is 16.8. The molecule has 1 rings (SSSR count). The summed E-state index contributed by atoms with van der Waals surface area (Å²) < 4.78 is 13.0. The first-order valence-corrected chi connectivity index (χ1v) is 6.19. The number of amides is 1. The summed E-state index contributed by atoms with van der Waals surface area (Å²) in [5, 5.41) is 20.4. The van der Waals surface area contributed by atoms with E-state index in [4.69, 9.17) is 0 Å². The predicted octanol–water partition coefficient (Wildman–Crippen LogP) is 1.98. The summed E-state index contributed by atoms with van der Waals surface area (Å²) in [6.45, 7) is 3.23. The summed E-state index contributed by atoms with van der Waals surface area (Å²) in [6, 6.07) is 3.11. The highest BCUT2D eigenvalue weighted by Gasteiger charge is 2.18. The molecular formula is C14H17FN2O4. The molecule has 0 radical (unpaired) electrons. The maximum Gasteiger partial charge on any atom is 0.279 e. The van der Waals surface area contributed by atoms with Gasteiger partial charge in [0.1, 0.15) is 5.82 Å². The predicted molar refractivity (Wildman–Crippen MR) is 76.0 cm³/mol. The summed E-state index contributed by atoms with van der Waals surface area (Å²) in [6.07, 6.45) is 2.40. The second-order valence-electron chi connectivity index (χ2n) is 5.30. The highest BCUT2D eigenvalue weighted by Crippen LogP contribution is 2.21. The standard InChI is InChI=1S/C14H17FN2O4/c1-14(2,19)9-16(3)13(18)7-5-10-4-6-11(15)8-12(10)17(20)21/h4-8,19H,9H2,1-3H3/b7-5+. The number of hydrogen-bond donors (Lipinski definition) is 1. The fraction of sp³-hybridized carbons (Fsp3) is 0.357. The van der Waals surface area contributed by atoms with Crippen LogP contribution in [0.1, 0.15) is 19.4 Å². The number of aliphatic hydroxyl groups is 1. The minimum absolute atomic E-state index is 0.113. The maximum atomic E-state index is 13.0. The zero-order valence-corrected chi connectivity index (χ0v) is 12.0. The molecule has 0 aliphatic carbocycles. The van der Waals surface area contributed by atoms with Crippen LogP contribution < -0.4 is 0 Å². The molecular weight excluding hydrogens is 279 g/mol. The highest BCUT2D eigenvalue weighted by molar-refractivity contribution is 5.92. The lowest BCUT2D eigenvalue weighted by Gasteiger charge is -2.24. The average Bonchev–Trinajstić information content (AvgIpc) is 2.34. The Morgan fingerprint density at radius 3 is 2.67 bits per heavy atom. The second kappa shape index (κ2) is 6.45. The molecule has 1 aromatic rings. The third-order valence-electron chi connectivity index (χ3n) is 2.59. The Labute approximate surface area is 121 Å². The van der Waals surface area contributed by atoms with E-state index in [1.54, 1.807) is 13.8 Å². The van der Waals surface area contributed by atoms with Crippen LogP contribution in [0.2, 0.25) is 0 Å². The largest absolute Gasteiger partial charge is 0.389 e. The molecule has 0 fully saturated rings. The number of nitrogens with zero attached hydrogens (tertiary/aromatic N) is 2. The lowest BCUT2D eigenvalue weighted by molar-refractivity contribution is -0.385. The molecule has 1 amide bonds. The van der Waals surface area contributed by atoms with Gasteiger partial charge in [0.25, 0.3) is 5.69 Å². The highest BCUT2D eigenvalue weighted by atomic mass is 19.1. The van der Waals surface area contributed by atoms with Crippen LogP contribution in [0.5, 0.6) is 0 Å². The van der Waals surface area contributed by atoms with Crippen molar-refractivity contribution in [3.63, 3.8) is 0 Å². The van der Waals surface area contributed by atoms with E-state index in [-0.39, 0.29) is 12.1 Å². The maximum absolute atomic E-state index is 13.0. The van der Waals surface area contributed by atoms with Gasteiger partial charge in [-0.3, -0.25) is 14.9 Å². The quantitative estimate of drug-likeness (QED) is 0.511. The van der Waals surface area contributed by atoms with Crippen molar-refractivity contribution in [2.24, 2.45) is 0 Å². The van der Waals surface area contributed by atoms with Gasteiger partial charge in [-0.25, -0.2) is 4.39 Å². The molecule has 0 saturated heterocycles. The number of nitro benzene ring substituents is 1. The van der Waals surface area contributed by atoms with Crippen molar-refractivity contribution in [1.82, 2.24) is 4.90 Å². The van der Waals surface area contributed by atoms with Gasteiger partial charge in [0, 0.05) is 19.7 Å². The van der Waals surface area contributed by atoms with Gasteiger partial charge in [-0.15, -0.1) is 0 Å². The van der Waals surface area contributed by atoms with Crippen LogP contribution in [0.25, 0.3) is 6.08 Å². The van der Waals surface area contributed by atoms with E-state index < -0.39 is 27.9 Å². The summed E-state index contributed by atoms with van der Waals surface area (Å²) in [4.78, 5) is 23.2. The van der Waals surface area contributed by atoms with Gasteiger partial charge in [0.15, 0.2) is 0 Å². The molecule has 0 bridgehead atoms. The topological polar surface area (TPSA) is 83.7 Å². The Balaban J connectivity index is 2.90. The molecule has 7 heteroatoms. The molecule has 0 aromatic heterocycles. The Morgan fingerprint density at radius 2 is 2.14 bits per heavy atom. The van der Waals surface area contributed by atoms with Crippen molar-refractivity contribution < 1.29 is 19.2 Å². The molecule has 6 nitrogen and oxygen atoms in total. The Bertz CT molecular complexity index is 579. The minimum Gasteiger partial charge on any atom is -0.389 e. The number of likely N-dealkylation sites (N-methyl/N-ethyl adjacent to an activating group) is 1. The third kappa shape index (κ3) is 5.31. The molecule has 0 spiro atoms. The van der Waals surface area contributed by atoms with Gasteiger partial charge in [0.2, 0.25) is 5.91 Å². The van der Waals surface area contributed by atoms with E-state index in [9.17, 15) is 24.4 Å². The molecule has 0 unspecified atom stereocenters. The van der Waals surface area contributed by atoms with Crippen LogP contribution in [-0.4, -0.2) is 40.0 Å². The van der Waals surface area contributed by atoms with E-state index in [1.165, 1.54) is 24.1 Å². The van der Waals surface area contributed by atoms with E-state index in [0.717, 1.165) is 18.2 Å². The van der Waals surface area contributed by atoms with Crippen molar-refractivity contribution in [3.05, 3.63) is 45.8 Å². The van der Waals surface area contributed by atoms with Crippen molar-refractivity contribution >= 4 is 17.7 Å². The smallest absolute Gasteiger partial charge is 0.279 e. The first-order chi connectivity index (χ1) is 9.60. The Morgan fingerprint density at radius 1 is 1.52 bits per heavy atom. The number of rotatable bonds is 5. The summed E-state index contributed by atoms with van der Waals surface area (Å²) in [5.41, 5.74) is -1.32. The third-order valence-corrected chi connectivity index (χ3v) is 2.59.